The maximum Gasteiger partial charge on any atom is 0.128 e. The molecule has 1 aliphatic heterocycles. The highest BCUT2D eigenvalue weighted by Gasteiger charge is 2.31. The van der Waals surface area contributed by atoms with Gasteiger partial charge in [0.1, 0.15) is 5.82 Å². The predicted molar refractivity (Wildman–Crippen MR) is 67.7 cm³/mol. The third-order valence-corrected chi connectivity index (χ3v) is 3.51. The molecule has 1 aromatic carbocycles. The molecule has 1 aliphatic rings. The Bertz CT molecular complexity index is 409. The van der Waals surface area contributed by atoms with E-state index in [-0.39, 0.29) is 5.82 Å². The molecule has 3 nitrogen and oxygen atoms in total. The Morgan fingerprint density at radius 2 is 2.17 bits per heavy atom. The number of rotatable bonds is 4. The molecule has 0 aromatic heterocycles. The number of benzene rings is 1. The summed E-state index contributed by atoms with van der Waals surface area (Å²) in [6, 6.07) is 6.31. The van der Waals surface area contributed by atoms with Crippen molar-refractivity contribution in [1.29, 1.82) is 0 Å². The fourth-order valence-corrected chi connectivity index (χ4v) is 2.44. The summed E-state index contributed by atoms with van der Waals surface area (Å²) in [5, 5.41) is 19.8. The summed E-state index contributed by atoms with van der Waals surface area (Å²) >= 11 is 0. The van der Waals surface area contributed by atoms with Crippen molar-refractivity contribution in [2.24, 2.45) is 0 Å². The lowest BCUT2D eigenvalue weighted by Gasteiger charge is -2.20. The first kappa shape index (κ1) is 13.5. The highest BCUT2D eigenvalue weighted by Crippen LogP contribution is 2.24. The van der Waals surface area contributed by atoms with Crippen molar-refractivity contribution in [2.45, 2.75) is 31.5 Å². The number of nitrogens with zero attached hydrogens (tertiary/aromatic N) is 1. The van der Waals surface area contributed by atoms with Crippen molar-refractivity contribution >= 4 is 0 Å². The zero-order valence-electron chi connectivity index (χ0n) is 10.6. The number of aliphatic hydroxyl groups excluding tert-OH is 1. The van der Waals surface area contributed by atoms with E-state index in [0.717, 1.165) is 13.0 Å². The minimum atomic E-state index is -0.781. The third kappa shape index (κ3) is 3.28. The lowest BCUT2D eigenvalue weighted by Crippen LogP contribution is -2.30. The minimum Gasteiger partial charge on any atom is -0.389 e. The van der Waals surface area contributed by atoms with Gasteiger partial charge in [-0.05, 0) is 25.8 Å². The van der Waals surface area contributed by atoms with Crippen LogP contribution in [0.4, 0.5) is 4.39 Å². The van der Waals surface area contributed by atoms with Crippen LogP contribution in [0.15, 0.2) is 24.3 Å². The SMILES string of the molecule is CC1(O)CCN(CCC(O)c2ccccc2F)C1. The topological polar surface area (TPSA) is 43.7 Å². The molecule has 2 atom stereocenters. The van der Waals surface area contributed by atoms with Crippen LogP contribution >= 0.6 is 0 Å². The van der Waals surface area contributed by atoms with Gasteiger partial charge in [-0.1, -0.05) is 18.2 Å². The van der Waals surface area contributed by atoms with E-state index in [1.807, 2.05) is 6.92 Å². The highest BCUT2D eigenvalue weighted by molar-refractivity contribution is 5.19. The number of hydrogen-bond donors (Lipinski definition) is 2. The van der Waals surface area contributed by atoms with E-state index in [2.05, 4.69) is 4.90 Å². The second-order valence-corrected chi connectivity index (χ2v) is 5.35. The summed E-state index contributed by atoms with van der Waals surface area (Å²) in [6.45, 7) is 3.94. The molecule has 2 rings (SSSR count). The van der Waals surface area contributed by atoms with Gasteiger partial charge in [0.05, 0.1) is 11.7 Å². The maximum absolute atomic E-state index is 13.5. The van der Waals surface area contributed by atoms with Crippen LogP contribution in [0.3, 0.4) is 0 Å². The Kier molecular flexibility index (Phi) is 4.00. The van der Waals surface area contributed by atoms with Crippen molar-refractivity contribution in [2.75, 3.05) is 19.6 Å². The molecule has 2 N–H and O–H groups in total. The largest absolute Gasteiger partial charge is 0.389 e. The molecule has 4 heteroatoms. The quantitative estimate of drug-likeness (QED) is 0.858. The summed E-state index contributed by atoms with van der Waals surface area (Å²) in [6.07, 6.45) is 0.455. The molecule has 0 aliphatic carbocycles. The minimum absolute atomic E-state index is 0.350. The summed E-state index contributed by atoms with van der Waals surface area (Å²) in [7, 11) is 0. The lowest BCUT2D eigenvalue weighted by molar-refractivity contribution is 0.0654. The Balaban J connectivity index is 1.86. The van der Waals surface area contributed by atoms with Gasteiger partial charge in [-0.2, -0.15) is 0 Å². The van der Waals surface area contributed by atoms with Gasteiger partial charge in [0.2, 0.25) is 0 Å². The van der Waals surface area contributed by atoms with E-state index < -0.39 is 11.7 Å². The predicted octanol–water partition coefficient (Wildman–Crippen LogP) is 1.71. The first-order chi connectivity index (χ1) is 8.48. The van der Waals surface area contributed by atoms with Gasteiger partial charge in [-0.25, -0.2) is 4.39 Å². The highest BCUT2D eigenvalue weighted by atomic mass is 19.1. The van der Waals surface area contributed by atoms with Crippen LogP contribution in [-0.4, -0.2) is 40.3 Å². The lowest BCUT2D eigenvalue weighted by atomic mass is 10.1. The number of likely N-dealkylation sites (tertiary alicyclic amines) is 1. The standard InChI is InChI=1S/C14H20FNO2/c1-14(18)7-9-16(10-14)8-6-13(17)11-4-2-3-5-12(11)15/h2-5,13,17-18H,6-10H2,1H3. The molecule has 18 heavy (non-hydrogen) atoms. The van der Waals surface area contributed by atoms with Gasteiger partial charge in [-0.15, -0.1) is 0 Å². The molecule has 1 heterocycles. The molecule has 1 fully saturated rings. The van der Waals surface area contributed by atoms with E-state index in [0.29, 0.717) is 25.1 Å². The Hall–Kier alpha value is -0.970. The zero-order chi connectivity index (χ0) is 13.2. The molecule has 0 spiro atoms. The maximum atomic E-state index is 13.5. The molecule has 1 saturated heterocycles. The fraction of sp³-hybridized carbons (Fsp3) is 0.571. The zero-order valence-corrected chi connectivity index (χ0v) is 10.6. The average Bonchev–Trinajstić information content (AvgIpc) is 2.66. The first-order valence-corrected chi connectivity index (χ1v) is 6.35. The normalized spacial score (nSPS) is 26.4. The molecule has 0 radical (unpaired) electrons. The van der Waals surface area contributed by atoms with E-state index in [4.69, 9.17) is 0 Å². The van der Waals surface area contributed by atoms with Crippen LogP contribution in [0.25, 0.3) is 0 Å². The van der Waals surface area contributed by atoms with Gasteiger partial charge in [-0.3, -0.25) is 0 Å². The van der Waals surface area contributed by atoms with E-state index in [9.17, 15) is 14.6 Å². The Morgan fingerprint density at radius 3 is 2.78 bits per heavy atom. The van der Waals surface area contributed by atoms with Crippen molar-refractivity contribution in [3.63, 3.8) is 0 Å². The van der Waals surface area contributed by atoms with Crippen molar-refractivity contribution in [1.82, 2.24) is 4.90 Å². The molecule has 0 bridgehead atoms. The summed E-state index contributed by atoms with van der Waals surface area (Å²) < 4.78 is 13.5. The van der Waals surface area contributed by atoms with Crippen molar-refractivity contribution in [3.8, 4) is 0 Å². The first-order valence-electron chi connectivity index (χ1n) is 6.35. The van der Waals surface area contributed by atoms with Crippen molar-refractivity contribution in [3.05, 3.63) is 35.6 Å². The van der Waals surface area contributed by atoms with E-state index in [1.165, 1.54) is 6.07 Å². The van der Waals surface area contributed by atoms with Crippen LogP contribution in [0.1, 0.15) is 31.4 Å². The smallest absolute Gasteiger partial charge is 0.128 e. The van der Waals surface area contributed by atoms with Crippen LogP contribution in [0.5, 0.6) is 0 Å². The number of β-amino-alcohol motifs (C(OH)–C–C–N with tert-alkyl or cyclic N) is 1. The van der Waals surface area contributed by atoms with Crippen LogP contribution in [0.2, 0.25) is 0 Å². The van der Waals surface area contributed by atoms with Gasteiger partial charge in [0.25, 0.3) is 0 Å². The molecule has 100 valence electrons. The van der Waals surface area contributed by atoms with E-state index in [1.54, 1.807) is 18.2 Å². The third-order valence-electron chi connectivity index (χ3n) is 3.51. The van der Waals surface area contributed by atoms with Crippen molar-refractivity contribution < 1.29 is 14.6 Å². The van der Waals surface area contributed by atoms with Gasteiger partial charge in [0.15, 0.2) is 0 Å². The summed E-state index contributed by atoms with van der Waals surface area (Å²) in [5.41, 5.74) is -0.272. The molecular weight excluding hydrogens is 233 g/mol. The molecule has 1 aromatic rings. The average molecular weight is 253 g/mol. The van der Waals surface area contributed by atoms with Gasteiger partial charge >= 0.3 is 0 Å². The van der Waals surface area contributed by atoms with Gasteiger partial charge < -0.3 is 15.1 Å². The second kappa shape index (κ2) is 5.34. The fourth-order valence-electron chi connectivity index (χ4n) is 2.44. The Labute approximate surface area is 107 Å². The van der Waals surface area contributed by atoms with Crippen LogP contribution in [0, 0.1) is 5.82 Å². The number of aliphatic hydroxyl groups is 2. The van der Waals surface area contributed by atoms with Gasteiger partial charge in [0, 0.05) is 25.2 Å². The van der Waals surface area contributed by atoms with E-state index >= 15 is 0 Å². The monoisotopic (exact) mass is 253 g/mol. The second-order valence-electron chi connectivity index (χ2n) is 5.35. The number of halogens is 1. The van der Waals surface area contributed by atoms with Crippen LogP contribution < -0.4 is 0 Å². The summed E-state index contributed by atoms with van der Waals surface area (Å²) in [4.78, 5) is 2.10. The Morgan fingerprint density at radius 1 is 1.44 bits per heavy atom. The molecule has 0 amide bonds. The summed E-state index contributed by atoms with van der Waals surface area (Å²) in [5.74, 6) is -0.363. The number of hydrogen-bond acceptors (Lipinski definition) is 3. The molecule has 0 saturated carbocycles. The molecule has 2 unspecified atom stereocenters. The molecular formula is C14H20FNO2. The van der Waals surface area contributed by atoms with Crippen LogP contribution in [-0.2, 0) is 0 Å².